The first kappa shape index (κ1) is 18.7. The first-order valence-electron chi connectivity index (χ1n) is 8.23. The van der Waals surface area contributed by atoms with E-state index in [1.807, 2.05) is 0 Å². The zero-order chi connectivity index (χ0) is 18.7. The molecule has 0 bridgehead atoms. The number of hydrogen-bond acceptors (Lipinski definition) is 2. The van der Waals surface area contributed by atoms with Crippen molar-refractivity contribution >= 4 is 40.7 Å². The highest BCUT2D eigenvalue weighted by molar-refractivity contribution is 6.39. The highest BCUT2D eigenvalue weighted by atomic mass is 35.5. The molecule has 2 aromatic rings. The Hall–Kier alpha value is -2.11. The predicted octanol–water partition coefficient (Wildman–Crippen LogP) is 4.07. The van der Waals surface area contributed by atoms with E-state index in [4.69, 9.17) is 23.2 Å². The van der Waals surface area contributed by atoms with Crippen LogP contribution < -0.4 is 10.6 Å². The summed E-state index contributed by atoms with van der Waals surface area (Å²) in [5, 5.41) is 6.13. The van der Waals surface area contributed by atoms with Gasteiger partial charge in [-0.1, -0.05) is 47.5 Å². The van der Waals surface area contributed by atoms with Gasteiger partial charge in [-0.05, 0) is 36.6 Å². The van der Waals surface area contributed by atoms with Crippen molar-refractivity contribution in [3.05, 3.63) is 63.9 Å². The first-order chi connectivity index (χ1) is 12.5. The molecule has 4 nitrogen and oxygen atoms in total. The van der Waals surface area contributed by atoms with E-state index in [0.717, 1.165) is 0 Å². The van der Waals surface area contributed by atoms with Crippen molar-refractivity contribution in [1.82, 2.24) is 5.32 Å². The van der Waals surface area contributed by atoms with Crippen LogP contribution in [0.15, 0.2) is 42.5 Å². The SMILES string of the molecule is O=C(NCCc1ccccc1F)C1CC1C(=O)Nc1c(Cl)cccc1Cl. The van der Waals surface area contributed by atoms with Gasteiger partial charge in [-0.25, -0.2) is 4.39 Å². The molecule has 2 N–H and O–H groups in total. The summed E-state index contributed by atoms with van der Waals surface area (Å²) in [7, 11) is 0. The molecule has 1 aliphatic rings. The van der Waals surface area contributed by atoms with Crippen LogP contribution in [0.2, 0.25) is 10.0 Å². The molecule has 0 aliphatic heterocycles. The van der Waals surface area contributed by atoms with Crippen LogP contribution in [0.5, 0.6) is 0 Å². The van der Waals surface area contributed by atoms with Crippen LogP contribution in [-0.4, -0.2) is 18.4 Å². The predicted molar refractivity (Wildman–Crippen MR) is 99.8 cm³/mol. The summed E-state index contributed by atoms with van der Waals surface area (Å²) in [5.41, 5.74) is 0.901. The Bertz CT molecular complexity index is 824. The molecule has 0 heterocycles. The lowest BCUT2D eigenvalue weighted by molar-refractivity contribution is -0.125. The van der Waals surface area contributed by atoms with Gasteiger partial charge in [-0.2, -0.15) is 0 Å². The Labute approximate surface area is 160 Å². The molecule has 26 heavy (non-hydrogen) atoms. The fourth-order valence-electron chi connectivity index (χ4n) is 2.76. The van der Waals surface area contributed by atoms with Gasteiger partial charge in [0, 0.05) is 6.54 Å². The third-order valence-corrected chi connectivity index (χ3v) is 4.96. The average molecular weight is 395 g/mol. The van der Waals surface area contributed by atoms with Gasteiger partial charge in [-0.15, -0.1) is 0 Å². The Balaban J connectivity index is 1.48. The molecule has 0 radical (unpaired) electrons. The fourth-order valence-corrected chi connectivity index (χ4v) is 3.25. The number of benzene rings is 2. The quantitative estimate of drug-likeness (QED) is 0.775. The zero-order valence-electron chi connectivity index (χ0n) is 13.8. The van der Waals surface area contributed by atoms with E-state index in [-0.39, 0.29) is 23.5 Å². The van der Waals surface area contributed by atoms with Crippen molar-refractivity contribution in [3.63, 3.8) is 0 Å². The van der Waals surface area contributed by atoms with E-state index in [9.17, 15) is 14.0 Å². The topological polar surface area (TPSA) is 58.2 Å². The summed E-state index contributed by atoms with van der Waals surface area (Å²) in [6, 6.07) is 11.4. The lowest BCUT2D eigenvalue weighted by atomic mass is 10.1. The van der Waals surface area contributed by atoms with E-state index in [1.165, 1.54) is 6.07 Å². The summed E-state index contributed by atoms with van der Waals surface area (Å²) in [5.74, 6) is -1.56. The van der Waals surface area contributed by atoms with E-state index in [1.54, 1.807) is 36.4 Å². The fraction of sp³-hybridized carbons (Fsp3) is 0.263. The number of carbonyl (C=O) groups is 2. The molecular weight excluding hydrogens is 378 g/mol. The minimum absolute atomic E-state index is 0.202. The van der Waals surface area contributed by atoms with E-state index in [2.05, 4.69) is 10.6 Å². The molecule has 2 atom stereocenters. The Morgan fingerprint density at radius 3 is 2.35 bits per heavy atom. The van der Waals surface area contributed by atoms with Crippen LogP contribution >= 0.6 is 23.2 Å². The maximum absolute atomic E-state index is 13.5. The van der Waals surface area contributed by atoms with Crippen molar-refractivity contribution in [3.8, 4) is 0 Å². The third kappa shape index (κ3) is 4.34. The normalized spacial score (nSPS) is 18.3. The van der Waals surface area contributed by atoms with Crippen molar-refractivity contribution < 1.29 is 14.0 Å². The summed E-state index contributed by atoms with van der Waals surface area (Å²) >= 11 is 12.1. The summed E-state index contributed by atoms with van der Waals surface area (Å²) in [6.07, 6.45) is 0.872. The molecule has 0 spiro atoms. The van der Waals surface area contributed by atoms with Crippen molar-refractivity contribution in [1.29, 1.82) is 0 Å². The number of anilines is 1. The minimum atomic E-state index is -0.407. The molecule has 0 aromatic heterocycles. The van der Waals surface area contributed by atoms with Crippen LogP contribution in [0.1, 0.15) is 12.0 Å². The summed E-state index contributed by atoms with van der Waals surface area (Å²) < 4.78 is 13.5. The molecule has 1 saturated carbocycles. The molecule has 3 rings (SSSR count). The second-order valence-corrected chi connectivity index (χ2v) is 6.98. The highest BCUT2D eigenvalue weighted by Gasteiger charge is 2.48. The number of nitrogens with one attached hydrogen (secondary N) is 2. The largest absolute Gasteiger partial charge is 0.356 e. The van der Waals surface area contributed by atoms with Crippen LogP contribution in [0.25, 0.3) is 0 Å². The van der Waals surface area contributed by atoms with Gasteiger partial charge in [0.15, 0.2) is 0 Å². The molecule has 0 saturated heterocycles. The highest BCUT2D eigenvalue weighted by Crippen LogP contribution is 2.40. The van der Waals surface area contributed by atoms with Crippen molar-refractivity contribution in [2.45, 2.75) is 12.8 Å². The third-order valence-electron chi connectivity index (χ3n) is 4.33. The standard InChI is InChI=1S/C19H17Cl2FN2O2/c20-14-5-3-6-15(21)17(14)24-19(26)13-10-12(13)18(25)23-9-8-11-4-1-2-7-16(11)22/h1-7,12-13H,8-10H2,(H,23,25)(H,24,26). The first-order valence-corrected chi connectivity index (χ1v) is 8.99. The molecule has 2 aromatic carbocycles. The average Bonchev–Trinajstić information content (AvgIpc) is 3.41. The zero-order valence-corrected chi connectivity index (χ0v) is 15.3. The van der Waals surface area contributed by atoms with Gasteiger partial charge >= 0.3 is 0 Å². The minimum Gasteiger partial charge on any atom is -0.356 e. The lowest BCUT2D eigenvalue weighted by Crippen LogP contribution is -2.29. The van der Waals surface area contributed by atoms with Crippen LogP contribution in [0, 0.1) is 17.7 Å². The molecule has 2 unspecified atom stereocenters. The van der Waals surface area contributed by atoms with Gasteiger partial charge in [0.1, 0.15) is 5.82 Å². The maximum Gasteiger partial charge on any atom is 0.228 e. The molecule has 1 aliphatic carbocycles. The van der Waals surface area contributed by atoms with Crippen molar-refractivity contribution in [2.24, 2.45) is 11.8 Å². The molecule has 1 fully saturated rings. The number of halogens is 3. The van der Waals surface area contributed by atoms with E-state index >= 15 is 0 Å². The van der Waals surface area contributed by atoms with Gasteiger partial charge in [-0.3, -0.25) is 9.59 Å². The second-order valence-electron chi connectivity index (χ2n) is 6.17. The van der Waals surface area contributed by atoms with Gasteiger partial charge < -0.3 is 10.6 Å². The Kier molecular flexibility index (Phi) is 5.79. The molecule has 136 valence electrons. The van der Waals surface area contributed by atoms with E-state index in [0.29, 0.717) is 40.7 Å². The van der Waals surface area contributed by atoms with Crippen LogP contribution in [0.3, 0.4) is 0 Å². The van der Waals surface area contributed by atoms with Gasteiger partial charge in [0.2, 0.25) is 11.8 Å². The second kappa shape index (κ2) is 8.06. The van der Waals surface area contributed by atoms with E-state index < -0.39 is 5.92 Å². The molecular formula is C19H17Cl2FN2O2. The number of para-hydroxylation sites is 1. The number of carbonyl (C=O) groups excluding carboxylic acids is 2. The molecule has 2 amide bonds. The summed E-state index contributed by atoms with van der Waals surface area (Å²) in [4.78, 5) is 24.4. The monoisotopic (exact) mass is 394 g/mol. The molecule has 7 heteroatoms. The van der Waals surface area contributed by atoms with Gasteiger partial charge in [0.25, 0.3) is 0 Å². The Morgan fingerprint density at radius 2 is 1.65 bits per heavy atom. The maximum atomic E-state index is 13.5. The number of hydrogen-bond donors (Lipinski definition) is 2. The smallest absolute Gasteiger partial charge is 0.228 e. The van der Waals surface area contributed by atoms with Crippen LogP contribution in [-0.2, 0) is 16.0 Å². The number of amides is 2. The summed E-state index contributed by atoms with van der Waals surface area (Å²) in [6.45, 7) is 0.320. The number of rotatable bonds is 6. The lowest BCUT2D eigenvalue weighted by Gasteiger charge is -2.09. The Morgan fingerprint density at radius 1 is 1.00 bits per heavy atom. The van der Waals surface area contributed by atoms with Crippen LogP contribution in [0.4, 0.5) is 10.1 Å². The van der Waals surface area contributed by atoms with Gasteiger partial charge in [0.05, 0.1) is 27.6 Å². The van der Waals surface area contributed by atoms with Crippen molar-refractivity contribution in [2.75, 3.05) is 11.9 Å².